The molecule has 0 atom stereocenters. The lowest BCUT2D eigenvalue weighted by molar-refractivity contribution is -0.137. The van der Waals surface area contributed by atoms with Crippen molar-refractivity contribution in [1.82, 2.24) is 14.8 Å². The van der Waals surface area contributed by atoms with Crippen LogP contribution in [0.15, 0.2) is 24.3 Å². The Kier molecular flexibility index (Phi) is 3.03. The summed E-state index contributed by atoms with van der Waals surface area (Å²) in [5, 5.41) is 4.33. The molecule has 0 saturated heterocycles. The van der Waals surface area contributed by atoms with E-state index in [1.54, 1.807) is 10.7 Å². The van der Waals surface area contributed by atoms with E-state index in [0.717, 1.165) is 18.9 Å². The molecule has 0 amide bonds. The summed E-state index contributed by atoms with van der Waals surface area (Å²) in [6.07, 6.45) is -2.34. The summed E-state index contributed by atoms with van der Waals surface area (Å²) >= 11 is 0. The van der Waals surface area contributed by atoms with Crippen LogP contribution in [0.25, 0.3) is 11.4 Å². The first-order valence-electron chi connectivity index (χ1n) is 6.62. The molecule has 1 saturated carbocycles. The van der Waals surface area contributed by atoms with Gasteiger partial charge >= 0.3 is 6.18 Å². The average molecular weight is 281 g/mol. The molecule has 1 aliphatic rings. The third-order valence-corrected chi connectivity index (χ3v) is 3.40. The van der Waals surface area contributed by atoms with Gasteiger partial charge in [0.25, 0.3) is 0 Å². The Hall–Kier alpha value is -1.85. The number of benzene rings is 1. The fourth-order valence-corrected chi connectivity index (χ4v) is 2.22. The van der Waals surface area contributed by atoms with Crippen LogP contribution in [0, 0.1) is 0 Å². The molecule has 3 nitrogen and oxygen atoms in total. The molecule has 0 unspecified atom stereocenters. The quantitative estimate of drug-likeness (QED) is 0.855. The topological polar surface area (TPSA) is 30.7 Å². The zero-order chi connectivity index (χ0) is 14.3. The Labute approximate surface area is 114 Å². The maximum atomic E-state index is 13.1. The van der Waals surface area contributed by atoms with Crippen LogP contribution in [0.4, 0.5) is 13.2 Å². The predicted molar refractivity (Wildman–Crippen MR) is 68.1 cm³/mol. The SMILES string of the molecule is CCn1nc(C2CC2)nc1-c1ccccc1C(F)(F)F. The monoisotopic (exact) mass is 281 g/mol. The normalized spacial score (nSPS) is 15.6. The molecule has 6 heteroatoms. The van der Waals surface area contributed by atoms with Crippen LogP contribution in [0.2, 0.25) is 0 Å². The van der Waals surface area contributed by atoms with E-state index in [-0.39, 0.29) is 5.56 Å². The van der Waals surface area contributed by atoms with Crippen LogP contribution in [0.5, 0.6) is 0 Å². The van der Waals surface area contributed by atoms with Gasteiger partial charge in [0.1, 0.15) is 0 Å². The molecule has 0 radical (unpaired) electrons. The fourth-order valence-electron chi connectivity index (χ4n) is 2.22. The molecule has 106 valence electrons. The molecular weight excluding hydrogens is 267 g/mol. The molecule has 1 aliphatic carbocycles. The van der Waals surface area contributed by atoms with Crippen LogP contribution in [-0.2, 0) is 12.7 Å². The molecule has 1 aromatic heterocycles. The standard InChI is InChI=1S/C14H14F3N3/c1-2-20-13(18-12(19-20)9-7-8-9)10-5-3-4-6-11(10)14(15,16)17/h3-6,9H,2,7-8H2,1H3. The zero-order valence-electron chi connectivity index (χ0n) is 11.0. The fraction of sp³-hybridized carbons (Fsp3) is 0.429. The lowest BCUT2D eigenvalue weighted by atomic mass is 10.1. The number of rotatable bonds is 3. The zero-order valence-corrected chi connectivity index (χ0v) is 11.0. The van der Waals surface area contributed by atoms with Gasteiger partial charge < -0.3 is 0 Å². The smallest absolute Gasteiger partial charge is 0.246 e. The number of alkyl halides is 3. The Morgan fingerprint density at radius 2 is 1.95 bits per heavy atom. The maximum Gasteiger partial charge on any atom is 0.417 e. The van der Waals surface area contributed by atoms with E-state index in [2.05, 4.69) is 10.1 Å². The van der Waals surface area contributed by atoms with Gasteiger partial charge in [0.2, 0.25) is 0 Å². The largest absolute Gasteiger partial charge is 0.417 e. The summed E-state index contributed by atoms with van der Waals surface area (Å²) in [7, 11) is 0. The number of hydrogen-bond donors (Lipinski definition) is 0. The molecule has 20 heavy (non-hydrogen) atoms. The molecule has 3 rings (SSSR count). The Morgan fingerprint density at radius 3 is 2.55 bits per heavy atom. The van der Waals surface area contributed by atoms with E-state index >= 15 is 0 Å². The lowest BCUT2D eigenvalue weighted by Crippen LogP contribution is -2.09. The van der Waals surface area contributed by atoms with Gasteiger partial charge in [0, 0.05) is 18.0 Å². The highest BCUT2D eigenvalue weighted by Crippen LogP contribution is 2.40. The lowest BCUT2D eigenvalue weighted by Gasteiger charge is -2.12. The minimum Gasteiger partial charge on any atom is -0.246 e. The van der Waals surface area contributed by atoms with Gasteiger partial charge in [-0.1, -0.05) is 18.2 Å². The Balaban J connectivity index is 2.13. The van der Waals surface area contributed by atoms with Gasteiger partial charge in [-0.05, 0) is 25.8 Å². The van der Waals surface area contributed by atoms with Crippen molar-refractivity contribution >= 4 is 0 Å². The highest BCUT2D eigenvalue weighted by atomic mass is 19.4. The number of aryl methyl sites for hydroxylation is 1. The van der Waals surface area contributed by atoms with Crippen molar-refractivity contribution in [2.24, 2.45) is 0 Å². The second-order valence-corrected chi connectivity index (χ2v) is 4.93. The van der Waals surface area contributed by atoms with Crippen molar-refractivity contribution in [3.8, 4) is 11.4 Å². The third kappa shape index (κ3) is 2.30. The van der Waals surface area contributed by atoms with Crippen LogP contribution < -0.4 is 0 Å². The number of hydrogen-bond acceptors (Lipinski definition) is 2. The van der Waals surface area contributed by atoms with Crippen molar-refractivity contribution in [2.75, 3.05) is 0 Å². The van der Waals surface area contributed by atoms with E-state index < -0.39 is 11.7 Å². The van der Waals surface area contributed by atoms with Crippen LogP contribution in [-0.4, -0.2) is 14.8 Å². The van der Waals surface area contributed by atoms with E-state index in [4.69, 9.17) is 0 Å². The minimum atomic E-state index is -4.39. The highest BCUT2D eigenvalue weighted by Gasteiger charge is 2.35. The third-order valence-electron chi connectivity index (χ3n) is 3.40. The summed E-state index contributed by atoms with van der Waals surface area (Å²) < 4.78 is 40.8. The maximum absolute atomic E-state index is 13.1. The minimum absolute atomic E-state index is 0.0984. The summed E-state index contributed by atoms with van der Waals surface area (Å²) in [6, 6.07) is 5.52. The molecule has 0 aliphatic heterocycles. The summed E-state index contributed by atoms with van der Waals surface area (Å²) in [5.41, 5.74) is -0.564. The first-order chi connectivity index (χ1) is 9.50. The highest BCUT2D eigenvalue weighted by molar-refractivity contribution is 5.61. The number of nitrogens with zero attached hydrogens (tertiary/aromatic N) is 3. The predicted octanol–water partition coefficient (Wildman–Crippen LogP) is 3.86. The van der Waals surface area contributed by atoms with Gasteiger partial charge in [0.05, 0.1) is 5.56 Å². The molecule has 1 aromatic carbocycles. The molecule has 1 heterocycles. The van der Waals surface area contributed by atoms with E-state index in [0.29, 0.717) is 24.1 Å². The Morgan fingerprint density at radius 1 is 1.25 bits per heavy atom. The average Bonchev–Trinajstić information content (AvgIpc) is 3.17. The van der Waals surface area contributed by atoms with E-state index in [1.807, 2.05) is 6.92 Å². The van der Waals surface area contributed by atoms with Crippen molar-refractivity contribution in [3.63, 3.8) is 0 Å². The molecule has 0 spiro atoms. The number of aromatic nitrogens is 3. The van der Waals surface area contributed by atoms with Gasteiger partial charge in [-0.3, -0.25) is 0 Å². The van der Waals surface area contributed by atoms with Crippen LogP contribution >= 0.6 is 0 Å². The first-order valence-corrected chi connectivity index (χ1v) is 6.62. The summed E-state index contributed by atoms with van der Waals surface area (Å²) in [6.45, 7) is 2.35. The summed E-state index contributed by atoms with van der Waals surface area (Å²) in [4.78, 5) is 4.34. The van der Waals surface area contributed by atoms with Gasteiger partial charge in [0.15, 0.2) is 11.6 Å². The second-order valence-electron chi connectivity index (χ2n) is 4.93. The molecule has 1 fully saturated rings. The number of halogens is 3. The van der Waals surface area contributed by atoms with Gasteiger partial charge in [-0.15, -0.1) is 0 Å². The first kappa shape index (κ1) is 13.1. The van der Waals surface area contributed by atoms with Crippen LogP contribution in [0.3, 0.4) is 0 Å². The van der Waals surface area contributed by atoms with Crippen molar-refractivity contribution in [2.45, 2.75) is 38.4 Å². The van der Waals surface area contributed by atoms with Gasteiger partial charge in [-0.2, -0.15) is 18.3 Å². The van der Waals surface area contributed by atoms with Crippen LogP contribution in [0.1, 0.15) is 37.1 Å². The molecular formula is C14H14F3N3. The second kappa shape index (κ2) is 4.61. The van der Waals surface area contributed by atoms with Crippen molar-refractivity contribution < 1.29 is 13.2 Å². The van der Waals surface area contributed by atoms with E-state index in [9.17, 15) is 13.2 Å². The molecule has 0 N–H and O–H groups in total. The van der Waals surface area contributed by atoms with Crippen molar-refractivity contribution in [1.29, 1.82) is 0 Å². The van der Waals surface area contributed by atoms with Gasteiger partial charge in [-0.25, -0.2) is 9.67 Å². The van der Waals surface area contributed by atoms with E-state index in [1.165, 1.54) is 12.1 Å². The van der Waals surface area contributed by atoms with Crippen molar-refractivity contribution in [3.05, 3.63) is 35.7 Å². The Bertz CT molecular complexity index is 627. The summed E-state index contributed by atoms with van der Waals surface area (Å²) in [5.74, 6) is 1.29. The molecule has 2 aromatic rings. The molecule has 0 bridgehead atoms.